The first kappa shape index (κ1) is 15.2. The second kappa shape index (κ2) is 5.44. The maximum Gasteiger partial charge on any atom is 0.185 e. The summed E-state index contributed by atoms with van der Waals surface area (Å²) in [5.41, 5.74) is 0.0238. The van der Waals surface area contributed by atoms with Crippen LogP contribution in [0.15, 0.2) is 18.2 Å². The highest BCUT2D eigenvalue weighted by Gasteiger charge is 2.25. The van der Waals surface area contributed by atoms with Gasteiger partial charge >= 0.3 is 0 Å². The molecule has 98 valence electrons. The van der Waals surface area contributed by atoms with E-state index in [0.29, 0.717) is 10.6 Å². The van der Waals surface area contributed by atoms with E-state index in [1.165, 1.54) is 12.1 Å². The molecule has 0 bridgehead atoms. The summed E-state index contributed by atoms with van der Waals surface area (Å²) in [5.74, 6) is 5.56. The molecule has 0 unspecified atom stereocenters. The Labute approximate surface area is 114 Å². The smallest absolute Gasteiger partial charge is 0.185 e. The van der Waals surface area contributed by atoms with E-state index < -0.39 is 13.9 Å². The van der Waals surface area contributed by atoms with Crippen LogP contribution >= 0.6 is 11.6 Å². The zero-order chi connectivity index (χ0) is 14.0. The summed E-state index contributed by atoms with van der Waals surface area (Å²) >= 11 is 5.77. The van der Waals surface area contributed by atoms with Crippen LogP contribution in [0.4, 0.5) is 4.39 Å². The lowest BCUT2D eigenvalue weighted by Crippen LogP contribution is -2.37. The summed E-state index contributed by atoms with van der Waals surface area (Å²) in [7, 11) is -1.66. The van der Waals surface area contributed by atoms with E-state index in [9.17, 15) is 4.39 Å². The SMILES string of the molecule is CC(C)(C#Cc1cc(F)cc(Cl)c1)O[Si](C)(C)C. The first-order chi connectivity index (χ1) is 8.07. The van der Waals surface area contributed by atoms with Gasteiger partial charge in [-0.15, -0.1) is 0 Å². The van der Waals surface area contributed by atoms with Gasteiger partial charge in [0.15, 0.2) is 8.32 Å². The van der Waals surface area contributed by atoms with Gasteiger partial charge in [0.05, 0.1) is 0 Å². The van der Waals surface area contributed by atoms with Crippen LogP contribution in [0.2, 0.25) is 24.7 Å². The molecule has 0 aliphatic heterocycles. The van der Waals surface area contributed by atoms with E-state index in [4.69, 9.17) is 16.0 Å². The summed E-state index contributed by atoms with van der Waals surface area (Å²) in [6, 6.07) is 4.27. The van der Waals surface area contributed by atoms with E-state index in [0.717, 1.165) is 0 Å². The van der Waals surface area contributed by atoms with Crippen molar-refractivity contribution in [2.45, 2.75) is 39.1 Å². The van der Waals surface area contributed by atoms with Gasteiger partial charge in [-0.3, -0.25) is 0 Å². The second-order valence-corrected chi connectivity index (χ2v) is 10.5. The first-order valence-corrected chi connectivity index (χ1v) is 9.55. The van der Waals surface area contributed by atoms with Crippen molar-refractivity contribution in [2.24, 2.45) is 0 Å². The summed E-state index contributed by atoms with van der Waals surface area (Å²) in [5, 5.41) is 0.350. The molecule has 0 spiro atoms. The van der Waals surface area contributed by atoms with E-state index in [2.05, 4.69) is 31.5 Å². The van der Waals surface area contributed by atoms with Gasteiger partial charge < -0.3 is 4.43 Å². The molecule has 0 aromatic heterocycles. The fourth-order valence-corrected chi connectivity index (χ4v) is 3.44. The van der Waals surface area contributed by atoms with E-state index in [1.54, 1.807) is 6.07 Å². The predicted octanol–water partition coefficient (Wildman–Crippen LogP) is 4.46. The number of rotatable bonds is 2. The third-order valence-corrected chi connectivity index (χ3v) is 3.27. The fourth-order valence-electron chi connectivity index (χ4n) is 1.64. The van der Waals surface area contributed by atoms with Crippen LogP contribution < -0.4 is 0 Å². The lowest BCUT2D eigenvalue weighted by molar-refractivity contribution is 0.164. The van der Waals surface area contributed by atoms with Crippen molar-refractivity contribution in [2.75, 3.05) is 0 Å². The Balaban J connectivity index is 2.93. The number of hydrogen-bond donors (Lipinski definition) is 0. The molecular formula is C14H18ClFOSi. The molecular weight excluding hydrogens is 267 g/mol. The summed E-state index contributed by atoms with van der Waals surface area (Å²) in [6.07, 6.45) is 0. The average Bonchev–Trinajstić information content (AvgIpc) is 2.09. The molecule has 1 aromatic rings. The van der Waals surface area contributed by atoms with Crippen molar-refractivity contribution in [3.8, 4) is 11.8 Å². The van der Waals surface area contributed by atoms with E-state index in [1.807, 2.05) is 13.8 Å². The minimum atomic E-state index is -1.66. The number of benzene rings is 1. The van der Waals surface area contributed by atoms with Gasteiger partial charge in [0.25, 0.3) is 0 Å². The predicted molar refractivity (Wildman–Crippen MR) is 76.8 cm³/mol. The Bertz CT molecular complexity index is 474. The zero-order valence-corrected chi connectivity index (χ0v) is 13.2. The molecule has 1 rings (SSSR count). The Kier molecular flexibility index (Phi) is 4.60. The summed E-state index contributed by atoms with van der Waals surface area (Å²) in [6.45, 7) is 10.2. The van der Waals surface area contributed by atoms with Crippen LogP contribution in [-0.2, 0) is 4.43 Å². The van der Waals surface area contributed by atoms with Crippen LogP contribution in [0.25, 0.3) is 0 Å². The van der Waals surface area contributed by atoms with E-state index >= 15 is 0 Å². The monoisotopic (exact) mass is 284 g/mol. The topological polar surface area (TPSA) is 9.23 Å². The average molecular weight is 285 g/mol. The van der Waals surface area contributed by atoms with Crippen LogP contribution in [0.5, 0.6) is 0 Å². The Morgan fingerprint density at radius 1 is 1.22 bits per heavy atom. The molecule has 0 aliphatic rings. The normalized spacial score (nSPS) is 11.9. The highest BCUT2D eigenvalue weighted by Crippen LogP contribution is 2.17. The maximum atomic E-state index is 13.1. The highest BCUT2D eigenvalue weighted by molar-refractivity contribution is 6.69. The van der Waals surface area contributed by atoms with E-state index in [-0.39, 0.29) is 5.82 Å². The van der Waals surface area contributed by atoms with Crippen molar-refractivity contribution < 1.29 is 8.82 Å². The van der Waals surface area contributed by atoms with Crippen LogP contribution in [0.3, 0.4) is 0 Å². The van der Waals surface area contributed by atoms with Crippen molar-refractivity contribution in [3.05, 3.63) is 34.6 Å². The minimum Gasteiger partial charge on any atom is -0.402 e. The quantitative estimate of drug-likeness (QED) is 0.575. The molecule has 0 amide bonds. The number of halogens is 2. The Morgan fingerprint density at radius 2 is 1.83 bits per heavy atom. The summed E-state index contributed by atoms with van der Waals surface area (Å²) < 4.78 is 19.1. The van der Waals surface area contributed by atoms with Gasteiger partial charge in [0.2, 0.25) is 0 Å². The van der Waals surface area contributed by atoms with Gasteiger partial charge in [-0.05, 0) is 51.7 Å². The van der Waals surface area contributed by atoms with Crippen LogP contribution in [0.1, 0.15) is 19.4 Å². The molecule has 0 aliphatic carbocycles. The first-order valence-electron chi connectivity index (χ1n) is 5.77. The Hall–Kier alpha value is -0.823. The standard InChI is InChI=1S/C14H18ClFOSi/c1-14(2,17-18(3,4)5)7-6-11-8-12(15)10-13(16)9-11/h8-10H,1-5H3. The molecule has 1 aromatic carbocycles. The third-order valence-electron chi connectivity index (χ3n) is 1.93. The van der Waals surface area contributed by atoms with Crippen molar-refractivity contribution in [1.29, 1.82) is 0 Å². The fraction of sp³-hybridized carbons (Fsp3) is 0.429. The molecule has 0 radical (unpaired) electrons. The van der Waals surface area contributed by atoms with Gasteiger partial charge in [0.1, 0.15) is 11.4 Å². The molecule has 0 saturated carbocycles. The molecule has 0 saturated heterocycles. The molecule has 0 atom stereocenters. The largest absolute Gasteiger partial charge is 0.402 e. The third kappa shape index (κ3) is 5.68. The molecule has 1 nitrogen and oxygen atoms in total. The van der Waals surface area contributed by atoms with Gasteiger partial charge in [-0.25, -0.2) is 4.39 Å². The molecule has 0 N–H and O–H groups in total. The molecule has 18 heavy (non-hydrogen) atoms. The highest BCUT2D eigenvalue weighted by atomic mass is 35.5. The minimum absolute atomic E-state index is 0.350. The zero-order valence-electron chi connectivity index (χ0n) is 11.4. The van der Waals surface area contributed by atoms with Crippen molar-refractivity contribution in [3.63, 3.8) is 0 Å². The maximum absolute atomic E-state index is 13.1. The second-order valence-electron chi connectivity index (χ2n) is 5.63. The lowest BCUT2D eigenvalue weighted by atomic mass is 10.1. The van der Waals surface area contributed by atoms with Crippen LogP contribution in [0, 0.1) is 17.7 Å². The molecule has 0 heterocycles. The van der Waals surface area contributed by atoms with Gasteiger partial charge in [-0.2, -0.15) is 0 Å². The number of hydrogen-bond acceptors (Lipinski definition) is 1. The van der Waals surface area contributed by atoms with Crippen molar-refractivity contribution in [1.82, 2.24) is 0 Å². The summed E-state index contributed by atoms with van der Waals surface area (Å²) in [4.78, 5) is 0. The Morgan fingerprint density at radius 3 is 2.33 bits per heavy atom. The van der Waals surface area contributed by atoms with Gasteiger partial charge in [-0.1, -0.05) is 23.4 Å². The lowest BCUT2D eigenvalue weighted by Gasteiger charge is -2.28. The van der Waals surface area contributed by atoms with Gasteiger partial charge in [0, 0.05) is 10.6 Å². The molecule has 4 heteroatoms. The van der Waals surface area contributed by atoms with Crippen molar-refractivity contribution >= 4 is 19.9 Å². The molecule has 0 fully saturated rings. The van der Waals surface area contributed by atoms with Crippen LogP contribution in [-0.4, -0.2) is 13.9 Å².